The summed E-state index contributed by atoms with van der Waals surface area (Å²) in [6, 6.07) is 0. The van der Waals surface area contributed by atoms with E-state index in [9.17, 15) is 4.79 Å². The summed E-state index contributed by atoms with van der Waals surface area (Å²) in [6.07, 6.45) is 7.02. The van der Waals surface area contributed by atoms with Crippen molar-refractivity contribution in [1.29, 1.82) is 0 Å². The molecule has 0 aromatic carbocycles. The van der Waals surface area contributed by atoms with Crippen molar-refractivity contribution in [3.05, 3.63) is 34.9 Å². The minimum Gasteiger partial charge on any atom is -0.493 e. The highest BCUT2D eigenvalue weighted by molar-refractivity contribution is 5.77. The number of carbonyl (C=O) groups is 1. The number of amides is 1. The number of piperidine rings is 1. The summed E-state index contributed by atoms with van der Waals surface area (Å²) in [5, 5.41) is 0. The van der Waals surface area contributed by atoms with Crippen molar-refractivity contribution in [3.8, 4) is 0 Å². The Balaban J connectivity index is 1.92. The van der Waals surface area contributed by atoms with Crippen molar-refractivity contribution >= 4 is 5.91 Å². The van der Waals surface area contributed by atoms with Crippen LogP contribution in [0.2, 0.25) is 0 Å². The first-order chi connectivity index (χ1) is 10.1. The fourth-order valence-electron chi connectivity index (χ4n) is 3.56. The van der Waals surface area contributed by atoms with Crippen molar-refractivity contribution in [3.63, 3.8) is 0 Å². The van der Waals surface area contributed by atoms with E-state index in [1.54, 1.807) is 14.2 Å². The van der Waals surface area contributed by atoms with Crippen molar-refractivity contribution in [2.24, 2.45) is 17.6 Å². The summed E-state index contributed by atoms with van der Waals surface area (Å²) >= 11 is 0. The van der Waals surface area contributed by atoms with Gasteiger partial charge < -0.3 is 20.1 Å². The molecular weight excluding hydrogens is 268 g/mol. The van der Waals surface area contributed by atoms with Gasteiger partial charge in [-0.05, 0) is 37.0 Å². The topological polar surface area (TPSA) is 64.8 Å². The Morgan fingerprint density at radius 1 is 1.29 bits per heavy atom. The minimum atomic E-state index is -0.181. The molecular formula is C16H22N2O3. The van der Waals surface area contributed by atoms with Crippen LogP contribution in [0.4, 0.5) is 0 Å². The van der Waals surface area contributed by atoms with E-state index >= 15 is 0 Å². The Bertz CT molecular complexity index is 548. The van der Waals surface area contributed by atoms with Crippen molar-refractivity contribution < 1.29 is 14.3 Å². The van der Waals surface area contributed by atoms with E-state index < -0.39 is 0 Å². The van der Waals surface area contributed by atoms with Gasteiger partial charge in [-0.1, -0.05) is 0 Å². The van der Waals surface area contributed by atoms with Crippen molar-refractivity contribution in [2.75, 3.05) is 27.3 Å². The molecule has 21 heavy (non-hydrogen) atoms. The minimum absolute atomic E-state index is 0.0227. The van der Waals surface area contributed by atoms with E-state index in [4.69, 9.17) is 15.2 Å². The normalized spacial score (nSPS) is 28.2. The maximum Gasteiger partial charge on any atom is 0.222 e. The zero-order valence-corrected chi connectivity index (χ0v) is 12.6. The Morgan fingerprint density at radius 3 is 2.71 bits per heavy atom. The lowest BCUT2D eigenvalue weighted by molar-refractivity contribution is -0.123. The highest BCUT2D eigenvalue weighted by atomic mass is 16.5. The molecule has 114 valence electrons. The number of allylic oxidation sites excluding steroid dienone is 4. The second-order valence-electron chi connectivity index (χ2n) is 5.83. The molecule has 0 bridgehead atoms. The van der Waals surface area contributed by atoms with Crippen LogP contribution in [0.25, 0.3) is 0 Å². The Labute approximate surface area is 125 Å². The Hall–Kier alpha value is -1.91. The molecule has 5 heteroatoms. The van der Waals surface area contributed by atoms with Gasteiger partial charge in [-0.2, -0.15) is 0 Å². The molecule has 0 saturated carbocycles. The molecule has 1 aliphatic carbocycles. The van der Waals surface area contributed by atoms with Gasteiger partial charge in [0.2, 0.25) is 5.91 Å². The van der Waals surface area contributed by atoms with Crippen molar-refractivity contribution in [1.82, 2.24) is 4.90 Å². The number of hydrogen-bond acceptors (Lipinski definition) is 4. The van der Waals surface area contributed by atoms with Gasteiger partial charge in [0.15, 0.2) is 11.5 Å². The summed E-state index contributed by atoms with van der Waals surface area (Å²) in [5.74, 6) is 1.77. The number of fused-ring (bicyclic) bond motifs is 2. The lowest BCUT2D eigenvalue weighted by atomic mass is 9.81. The number of methoxy groups -OCH3 is 2. The monoisotopic (exact) mass is 290 g/mol. The van der Waals surface area contributed by atoms with Gasteiger partial charge in [0.1, 0.15) is 0 Å². The summed E-state index contributed by atoms with van der Waals surface area (Å²) in [4.78, 5) is 13.7. The van der Waals surface area contributed by atoms with Crippen molar-refractivity contribution in [2.45, 2.75) is 19.3 Å². The summed E-state index contributed by atoms with van der Waals surface area (Å²) in [7, 11) is 3.33. The third kappa shape index (κ3) is 2.41. The van der Waals surface area contributed by atoms with Crippen LogP contribution in [-0.2, 0) is 14.3 Å². The molecule has 1 fully saturated rings. The van der Waals surface area contributed by atoms with E-state index in [2.05, 4.69) is 17.1 Å². The molecule has 2 heterocycles. The lowest BCUT2D eigenvalue weighted by Crippen LogP contribution is -2.43. The predicted molar refractivity (Wildman–Crippen MR) is 78.8 cm³/mol. The molecule has 3 rings (SSSR count). The molecule has 1 amide bonds. The van der Waals surface area contributed by atoms with Gasteiger partial charge in [-0.15, -0.1) is 0 Å². The fourth-order valence-corrected chi connectivity index (χ4v) is 3.56. The Morgan fingerprint density at radius 2 is 2.05 bits per heavy atom. The van der Waals surface area contributed by atoms with Gasteiger partial charge in [-0.3, -0.25) is 4.79 Å². The van der Waals surface area contributed by atoms with E-state index in [0.29, 0.717) is 5.92 Å². The molecule has 0 aromatic heterocycles. The fraction of sp³-hybridized carbons (Fsp3) is 0.562. The molecule has 0 radical (unpaired) electrons. The quantitative estimate of drug-likeness (QED) is 0.856. The van der Waals surface area contributed by atoms with E-state index in [0.717, 1.165) is 43.9 Å². The molecule has 0 spiro atoms. The molecule has 2 unspecified atom stereocenters. The third-order valence-corrected chi connectivity index (χ3v) is 4.72. The van der Waals surface area contributed by atoms with Crippen LogP contribution >= 0.6 is 0 Å². The number of carbonyl (C=O) groups excluding carboxylic acids is 1. The maximum absolute atomic E-state index is 11.4. The molecule has 2 aliphatic heterocycles. The van der Waals surface area contributed by atoms with Crippen LogP contribution in [0.15, 0.2) is 34.9 Å². The Kier molecular flexibility index (Phi) is 3.66. The van der Waals surface area contributed by atoms with Crippen LogP contribution < -0.4 is 5.73 Å². The standard InChI is InChI=1S/C16H22N2O3/c1-20-14-7-10-5-6-18-9-11(16(17)19)3-4-13(18)12(10)8-15(14)21-2/h7-8,10-11H,3-6,9H2,1-2H3,(H2,17,19). The first-order valence-corrected chi connectivity index (χ1v) is 7.43. The number of primary amides is 1. The van der Waals surface area contributed by atoms with E-state index in [1.807, 2.05) is 0 Å². The zero-order valence-electron chi connectivity index (χ0n) is 12.6. The predicted octanol–water partition coefficient (Wildman–Crippen LogP) is 1.53. The zero-order chi connectivity index (χ0) is 15.0. The van der Waals surface area contributed by atoms with Crippen LogP contribution in [0.5, 0.6) is 0 Å². The van der Waals surface area contributed by atoms with Gasteiger partial charge in [0, 0.05) is 24.7 Å². The first-order valence-electron chi connectivity index (χ1n) is 7.43. The lowest BCUT2D eigenvalue weighted by Gasteiger charge is -2.42. The molecule has 2 N–H and O–H groups in total. The first kappa shape index (κ1) is 14.0. The number of nitrogens with two attached hydrogens (primary N) is 1. The summed E-state index contributed by atoms with van der Waals surface area (Å²) in [5.41, 5.74) is 8.11. The maximum atomic E-state index is 11.4. The van der Waals surface area contributed by atoms with Crippen LogP contribution in [0.3, 0.4) is 0 Å². The molecule has 2 atom stereocenters. The molecule has 5 nitrogen and oxygen atoms in total. The van der Waals surface area contributed by atoms with E-state index in [1.165, 1.54) is 11.3 Å². The van der Waals surface area contributed by atoms with Crippen LogP contribution in [-0.4, -0.2) is 38.1 Å². The second kappa shape index (κ2) is 5.47. The van der Waals surface area contributed by atoms with Gasteiger partial charge in [0.25, 0.3) is 0 Å². The van der Waals surface area contributed by atoms with Crippen LogP contribution in [0.1, 0.15) is 19.3 Å². The number of hydrogen-bond donors (Lipinski definition) is 1. The number of ether oxygens (including phenoxy) is 2. The molecule has 3 aliphatic rings. The molecule has 0 aromatic rings. The average molecular weight is 290 g/mol. The highest BCUT2D eigenvalue weighted by Crippen LogP contribution is 2.40. The third-order valence-electron chi connectivity index (χ3n) is 4.72. The summed E-state index contributed by atoms with van der Waals surface area (Å²) < 4.78 is 10.8. The molecule has 1 saturated heterocycles. The van der Waals surface area contributed by atoms with Gasteiger partial charge >= 0.3 is 0 Å². The van der Waals surface area contributed by atoms with Gasteiger partial charge in [0.05, 0.1) is 20.1 Å². The van der Waals surface area contributed by atoms with E-state index in [-0.39, 0.29) is 11.8 Å². The SMILES string of the molecule is COC1=CC2=C3CCC(C(N)=O)CN3CCC2C=C1OC. The average Bonchev–Trinajstić information content (AvgIpc) is 2.52. The second-order valence-corrected chi connectivity index (χ2v) is 5.83. The van der Waals surface area contributed by atoms with Gasteiger partial charge in [-0.25, -0.2) is 0 Å². The summed E-state index contributed by atoms with van der Waals surface area (Å²) in [6.45, 7) is 1.72. The highest BCUT2D eigenvalue weighted by Gasteiger charge is 2.34. The largest absolute Gasteiger partial charge is 0.493 e. The smallest absolute Gasteiger partial charge is 0.222 e. The number of nitrogens with zero attached hydrogens (tertiary/aromatic N) is 1. The van der Waals surface area contributed by atoms with Crippen LogP contribution in [0, 0.1) is 11.8 Å². The number of rotatable bonds is 3.